The number of methoxy groups -OCH3 is 1. The van der Waals surface area contributed by atoms with Crippen LogP contribution in [-0.4, -0.2) is 20.2 Å². The highest BCUT2D eigenvalue weighted by atomic mass is 16.7. The third-order valence-electron chi connectivity index (χ3n) is 5.88. The summed E-state index contributed by atoms with van der Waals surface area (Å²) in [4.78, 5) is 11.4. The Morgan fingerprint density at radius 1 is 1.07 bits per heavy atom. The van der Waals surface area contributed by atoms with Crippen molar-refractivity contribution in [1.29, 1.82) is 0 Å². The van der Waals surface area contributed by atoms with E-state index in [9.17, 15) is 4.79 Å². The first-order valence-electron chi connectivity index (χ1n) is 9.57. The van der Waals surface area contributed by atoms with E-state index in [2.05, 4.69) is 46.8 Å². The summed E-state index contributed by atoms with van der Waals surface area (Å²) in [6.45, 7) is 11.6. The highest BCUT2D eigenvalue weighted by Gasteiger charge is 2.40. The summed E-state index contributed by atoms with van der Waals surface area (Å²) in [5, 5.41) is 0. The second-order valence-electron chi connectivity index (χ2n) is 8.88. The summed E-state index contributed by atoms with van der Waals surface area (Å²) in [5.74, 6) is 0.851. The van der Waals surface area contributed by atoms with Crippen LogP contribution in [0.5, 0.6) is 5.75 Å². The molecule has 0 saturated heterocycles. The minimum Gasteiger partial charge on any atom is -0.467 e. The van der Waals surface area contributed by atoms with Crippen molar-refractivity contribution in [3.63, 3.8) is 0 Å². The maximum Gasteiger partial charge on any atom is 0.188 e. The molecule has 2 aromatic carbocycles. The lowest BCUT2D eigenvalue weighted by Gasteiger charge is -2.44. The quantitative estimate of drug-likeness (QED) is 0.495. The SMILES string of the molecule is COCOc1c(C)cc2c(c1-c1cccc(C=O)c1)C(C)(C)CCC2(C)C. The number of carbonyl (C=O) groups is 1. The first-order chi connectivity index (χ1) is 12.7. The average molecular weight is 367 g/mol. The van der Waals surface area contributed by atoms with Gasteiger partial charge in [0.15, 0.2) is 6.79 Å². The fourth-order valence-electron chi connectivity index (χ4n) is 4.27. The van der Waals surface area contributed by atoms with Crippen LogP contribution in [0.1, 0.15) is 67.6 Å². The Labute approximate surface area is 162 Å². The fraction of sp³-hybridized carbons (Fsp3) is 0.458. The molecule has 0 radical (unpaired) electrons. The minimum absolute atomic E-state index is 0.0241. The van der Waals surface area contributed by atoms with Crippen molar-refractivity contribution in [3.8, 4) is 16.9 Å². The second-order valence-corrected chi connectivity index (χ2v) is 8.88. The molecule has 144 valence electrons. The van der Waals surface area contributed by atoms with Crippen LogP contribution >= 0.6 is 0 Å². The van der Waals surface area contributed by atoms with E-state index < -0.39 is 0 Å². The monoisotopic (exact) mass is 366 g/mol. The zero-order valence-electron chi connectivity index (χ0n) is 17.3. The summed E-state index contributed by atoms with van der Waals surface area (Å²) < 4.78 is 11.3. The molecule has 0 heterocycles. The Balaban J connectivity index is 2.40. The van der Waals surface area contributed by atoms with Crippen LogP contribution in [0.15, 0.2) is 30.3 Å². The number of hydrogen-bond donors (Lipinski definition) is 0. The normalized spacial score (nSPS) is 17.3. The molecule has 1 aliphatic rings. The molecule has 3 nitrogen and oxygen atoms in total. The second kappa shape index (κ2) is 7.12. The van der Waals surface area contributed by atoms with Crippen LogP contribution < -0.4 is 4.74 Å². The van der Waals surface area contributed by atoms with E-state index in [1.54, 1.807) is 7.11 Å². The van der Waals surface area contributed by atoms with Gasteiger partial charge in [-0.1, -0.05) is 52.0 Å². The van der Waals surface area contributed by atoms with Crippen molar-refractivity contribution in [3.05, 3.63) is 52.6 Å². The molecule has 0 amide bonds. The van der Waals surface area contributed by atoms with E-state index in [1.807, 2.05) is 18.2 Å². The Hall–Kier alpha value is -2.13. The molecule has 0 bridgehead atoms. The number of hydrogen-bond acceptors (Lipinski definition) is 3. The summed E-state index contributed by atoms with van der Waals surface area (Å²) in [6, 6.07) is 10.1. The largest absolute Gasteiger partial charge is 0.467 e. The molecular formula is C24H30O3. The summed E-state index contributed by atoms with van der Waals surface area (Å²) in [5.41, 5.74) is 6.74. The molecular weight excluding hydrogens is 336 g/mol. The van der Waals surface area contributed by atoms with Gasteiger partial charge in [0.2, 0.25) is 0 Å². The van der Waals surface area contributed by atoms with Gasteiger partial charge in [-0.25, -0.2) is 0 Å². The summed E-state index contributed by atoms with van der Waals surface area (Å²) in [7, 11) is 1.63. The highest BCUT2D eigenvalue weighted by Crippen LogP contribution is 2.53. The van der Waals surface area contributed by atoms with Gasteiger partial charge in [-0.2, -0.15) is 0 Å². The van der Waals surface area contributed by atoms with Gasteiger partial charge < -0.3 is 9.47 Å². The maximum absolute atomic E-state index is 11.4. The number of benzene rings is 2. The van der Waals surface area contributed by atoms with Gasteiger partial charge in [-0.3, -0.25) is 4.79 Å². The van der Waals surface area contributed by atoms with Crippen molar-refractivity contribution in [2.45, 2.75) is 58.3 Å². The van der Waals surface area contributed by atoms with Crippen LogP contribution in [0.4, 0.5) is 0 Å². The van der Waals surface area contributed by atoms with Gasteiger partial charge in [0.25, 0.3) is 0 Å². The molecule has 0 N–H and O–H groups in total. The Morgan fingerprint density at radius 2 is 1.78 bits per heavy atom. The van der Waals surface area contributed by atoms with E-state index in [4.69, 9.17) is 9.47 Å². The zero-order valence-corrected chi connectivity index (χ0v) is 17.3. The Bertz CT molecular complexity index is 862. The fourth-order valence-corrected chi connectivity index (χ4v) is 4.27. The molecule has 2 aromatic rings. The van der Waals surface area contributed by atoms with Crippen molar-refractivity contribution in [2.75, 3.05) is 13.9 Å². The van der Waals surface area contributed by atoms with Crippen LogP contribution in [0.2, 0.25) is 0 Å². The van der Waals surface area contributed by atoms with E-state index in [-0.39, 0.29) is 17.6 Å². The van der Waals surface area contributed by atoms with Crippen LogP contribution in [0, 0.1) is 6.92 Å². The van der Waals surface area contributed by atoms with Gasteiger partial charge in [0.1, 0.15) is 12.0 Å². The molecule has 27 heavy (non-hydrogen) atoms. The van der Waals surface area contributed by atoms with Gasteiger partial charge in [-0.05, 0) is 58.9 Å². The summed E-state index contributed by atoms with van der Waals surface area (Å²) in [6.07, 6.45) is 3.16. The Morgan fingerprint density at radius 3 is 2.44 bits per heavy atom. The number of ether oxygens (including phenoxy) is 2. The van der Waals surface area contributed by atoms with Gasteiger partial charge >= 0.3 is 0 Å². The van der Waals surface area contributed by atoms with Crippen LogP contribution in [0.3, 0.4) is 0 Å². The minimum atomic E-state index is 0.0241. The van der Waals surface area contributed by atoms with Crippen LogP contribution in [-0.2, 0) is 15.6 Å². The summed E-state index contributed by atoms with van der Waals surface area (Å²) >= 11 is 0. The van der Waals surface area contributed by atoms with Crippen LogP contribution in [0.25, 0.3) is 11.1 Å². The first kappa shape index (κ1) is 19.6. The molecule has 0 saturated carbocycles. The topological polar surface area (TPSA) is 35.5 Å². The predicted molar refractivity (Wildman–Crippen MR) is 110 cm³/mol. The molecule has 0 spiro atoms. The Kier molecular flexibility index (Phi) is 5.18. The van der Waals surface area contributed by atoms with E-state index >= 15 is 0 Å². The van der Waals surface area contributed by atoms with E-state index in [0.717, 1.165) is 41.6 Å². The molecule has 0 fully saturated rings. The number of rotatable bonds is 5. The average Bonchev–Trinajstić information content (AvgIpc) is 2.63. The molecule has 3 rings (SSSR count). The van der Waals surface area contributed by atoms with Crippen molar-refractivity contribution in [2.24, 2.45) is 0 Å². The third kappa shape index (κ3) is 3.53. The number of carbonyl (C=O) groups excluding carboxylic acids is 1. The molecule has 0 aliphatic heterocycles. The first-order valence-corrected chi connectivity index (χ1v) is 9.57. The number of aldehydes is 1. The molecule has 3 heteroatoms. The van der Waals surface area contributed by atoms with Crippen molar-refractivity contribution in [1.82, 2.24) is 0 Å². The third-order valence-corrected chi connectivity index (χ3v) is 5.88. The van der Waals surface area contributed by atoms with Crippen molar-refractivity contribution < 1.29 is 14.3 Å². The highest BCUT2D eigenvalue weighted by molar-refractivity contribution is 5.84. The molecule has 0 unspecified atom stereocenters. The lowest BCUT2D eigenvalue weighted by Crippen LogP contribution is -2.34. The van der Waals surface area contributed by atoms with Gasteiger partial charge in [0.05, 0.1) is 0 Å². The predicted octanol–water partition coefficient (Wildman–Crippen LogP) is 5.81. The number of fused-ring (bicyclic) bond motifs is 1. The maximum atomic E-state index is 11.4. The van der Waals surface area contributed by atoms with Crippen molar-refractivity contribution >= 4 is 6.29 Å². The lowest BCUT2D eigenvalue weighted by atomic mass is 9.61. The zero-order chi connectivity index (χ0) is 19.8. The van der Waals surface area contributed by atoms with E-state index in [1.165, 1.54) is 11.1 Å². The molecule has 0 atom stereocenters. The van der Waals surface area contributed by atoms with Gasteiger partial charge in [-0.15, -0.1) is 0 Å². The van der Waals surface area contributed by atoms with E-state index in [0.29, 0.717) is 5.56 Å². The standard InChI is InChI=1S/C24H30O3/c1-16-12-19-21(24(4,5)11-10-23(19,2)3)20(22(16)27-15-26-6)18-9-7-8-17(13-18)14-25/h7-9,12-14H,10-11,15H2,1-6H3. The van der Waals surface area contributed by atoms with Gasteiger partial charge in [0, 0.05) is 18.2 Å². The number of aryl methyl sites for hydroxylation is 1. The molecule has 0 aromatic heterocycles. The lowest BCUT2D eigenvalue weighted by molar-refractivity contribution is 0.0508. The smallest absolute Gasteiger partial charge is 0.188 e. The molecule has 1 aliphatic carbocycles.